The number of rotatable bonds is 2. The molecule has 2 unspecified atom stereocenters. The van der Waals surface area contributed by atoms with Crippen LogP contribution in [0.15, 0.2) is 54.1 Å². The molecule has 0 aliphatic carbocycles. The van der Waals surface area contributed by atoms with Crippen LogP contribution in [0.1, 0.15) is 18.1 Å². The Kier molecular flexibility index (Phi) is 4.73. The lowest BCUT2D eigenvalue weighted by molar-refractivity contribution is 0.702. The zero-order valence-corrected chi connectivity index (χ0v) is 14.8. The van der Waals surface area contributed by atoms with Crippen LogP contribution >= 0.6 is 11.6 Å². The topological polar surface area (TPSA) is 67.4 Å². The molecule has 3 rings (SSSR count). The Morgan fingerprint density at radius 3 is 2.84 bits per heavy atom. The monoisotopic (exact) mass is 351 g/mol. The maximum absolute atomic E-state index is 6.06. The molecule has 2 N–H and O–H groups in total. The van der Waals surface area contributed by atoms with Gasteiger partial charge in [-0.3, -0.25) is 4.98 Å². The first kappa shape index (κ1) is 17.0. The molecular formula is C19H18ClN5. The van der Waals surface area contributed by atoms with Crippen molar-refractivity contribution in [2.45, 2.75) is 25.9 Å². The van der Waals surface area contributed by atoms with Crippen LogP contribution in [0.25, 0.3) is 0 Å². The van der Waals surface area contributed by atoms with Crippen LogP contribution in [0.4, 0.5) is 5.69 Å². The molecule has 25 heavy (non-hydrogen) atoms. The first-order valence-corrected chi connectivity index (χ1v) is 8.21. The molecule has 2 aromatic heterocycles. The summed E-state index contributed by atoms with van der Waals surface area (Å²) in [4.78, 5) is 14.9. The molecule has 0 saturated heterocycles. The lowest BCUT2D eigenvalue weighted by Gasteiger charge is -2.26. The van der Waals surface area contributed by atoms with E-state index in [0.717, 1.165) is 16.8 Å². The van der Waals surface area contributed by atoms with Gasteiger partial charge >= 0.3 is 0 Å². The zero-order chi connectivity index (χ0) is 18.0. The summed E-state index contributed by atoms with van der Waals surface area (Å²) < 4.78 is 0. The predicted molar refractivity (Wildman–Crippen MR) is 102 cm³/mol. The Labute approximate surface area is 152 Å². The number of nitrogens with two attached hydrogens (primary N) is 1. The summed E-state index contributed by atoms with van der Waals surface area (Å²) in [5, 5.41) is 0.461. The highest BCUT2D eigenvalue weighted by Crippen LogP contribution is 2.26. The molecule has 0 aromatic carbocycles. The molecule has 3 heterocycles. The molecule has 0 bridgehead atoms. The van der Waals surface area contributed by atoms with Crippen molar-refractivity contribution in [2.75, 3.05) is 4.90 Å². The summed E-state index contributed by atoms with van der Waals surface area (Å²) in [7, 11) is 0. The first-order valence-electron chi connectivity index (χ1n) is 7.83. The van der Waals surface area contributed by atoms with Crippen LogP contribution in [-0.2, 0) is 0 Å². The minimum atomic E-state index is -0.234. The van der Waals surface area contributed by atoms with Crippen molar-refractivity contribution in [1.29, 1.82) is 0 Å². The number of nitrogens with zero attached hydrogens (tertiary/aromatic N) is 4. The van der Waals surface area contributed by atoms with Gasteiger partial charge in [-0.25, -0.2) is 9.98 Å². The van der Waals surface area contributed by atoms with Crippen LogP contribution < -0.4 is 10.6 Å². The lowest BCUT2D eigenvalue weighted by Crippen LogP contribution is -2.39. The second-order valence-electron chi connectivity index (χ2n) is 5.79. The average Bonchev–Trinajstić information content (AvgIpc) is 2.94. The fourth-order valence-electron chi connectivity index (χ4n) is 2.68. The van der Waals surface area contributed by atoms with E-state index in [1.807, 2.05) is 30.0 Å². The van der Waals surface area contributed by atoms with Gasteiger partial charge in [-0.15, -0.1) is 0 Å². The number of hydrogen-bond acceptors (Lipinski definition) is 5. The number of pyridine rings is 2. The third kappa shape index (κ3) is 3.35. The van der Waals surface area contributed by atoms with Crippen molar-refractivity contribution in [2.24, 2.45) is 10.7 Å². The molecule has 5 nitrogen and oxygen atoms in total. The van der Waals surface area contributed by atoms with Crippen LogP contribution in [0, 0.1) is 18.8 Å². The molecular weight excluding hydrogens is 334 g/mol. The molecule has 6 heteroatoms. The van der Waals surface area contributed by atoms with Crippen molar-refractivity contribution in [3.8, 4) is 11.8 Å². The molecule has 2 atom stereocenters. The van der Waals surface area contributed by atoms with Crippen LogP contribution in [-0.4, -0.2) is 27.9 Å². The van der Waals surface area contributed by atoms with Gasteiger partial charge in [0.25, 0.3) is 0 Å². The van der Waals surface area contributed by atoms with E-state index in [1.165, 1.54) is 0 Å². The Morgan fingerprint density at radius 1 is 1.36 bits per heavy atom. The molecule has 1 aliphatic heterocycles. The van der Waals surface area contributed by atoms with E-state index in [2.05, 4.69) is 40.3 Å². The van der Waals surface area contributed by atoms with E-state index in [4.69, 9.17) is 17.3 Å². The van der Waals surface area contributed by atoms with Crippen LogP contribution in [0.2, 0.25) is 5.15 Å². The van der Waals surface area contributed by atoms with Gasteiger partial charge in [-0.05, 0) is 32.0 Å². The van der Waals surface area contributed by atoms with Gasteiger partial charge in [0, 0.05) is 23.5 Å². The number of aromatic nitrogens is 2. The van der Waals surface area contributed by atoms with Crippen molar-refractivity contribution in [1.82, 2.24) is 9.97 Å². The quantitative estimate of drug-likeness (QED) is 0.667. The van der Waals surface area contributed by atoms with Gasteiger partial charge in [0.05, 0.1) is 23.6 Å². The summed E-state index contributed by atoms with van der Waals surface area (Å²) in [6.45, 7) is 7.79. The van der Waals surface area contributed by atoms with E-state index in [9.17, 15) is 0 Å². The third-order valence-electron chi connectivity index (χ3n) is 4.06. The lowest BCUT2D eigenvalue weighted by atomic mass is 10.1. The molecule has 0 fully saturated rings. The van der Waals surface area contributed by atoms with Gasteiger partial charge < -0.3 is 10.6 Å². The van der Waals surface area contributed by atoms with Gasteiger partial charge in [0.1, 0.15) is 11.2 Å². The van der Waals surface area contributed by atoms with Gasteiger partial charge in [0.15, 0.2) is 5.84 Å². The summed E-state index contributed by atoms with van der Waals surface area (Å²) in [5.74, 6) is 7.01. The maximum atomic E-state index is 6.06. The van der Waals surface area contributed by atoms with Gasteiger partial charge in [0.2, 0.25) is 0 Å². The van der Waals surface area contributed by atoms with E-state index in [0.29, 0.717) is 16.7 Å². The Hall–Kier alpha value is -2.84. The SMILES string of the molecule is C=C(N)C1=NC(C#Cc2ccnc(Cl)c2C)C(C)N1c1cccnc1. The number of anilines is 1. The fraction of sp³-hybridized carbons (Fsp3) is 0.211. The van der Waals surface area contributed by atoms with Gasteiger partial charge in [-0.1, -0.05) is 30.0 Å². The number of hydrogen-bond donors (Lipinski definition) is 1. The minimum Gasteiger partial charge on any atom is -0.396 e. The standard InChI is InChI=1S/C19H18ClN5/c1-12-15(8-10-23-18(12)20)6-7-17-14(3)25(19(24-17)13(2)21)16-5-4-9-22-11-16/h4-5,8-11,14,17H,2,21H2,1,3H3. The van der Waals surface area contributed by atoms with E-state index in [1.54, 1.807) is 18.6 Å². The highest BCUT2D eigenvalue weighted by Gasteiger charge is 2.33. The highest BCUT2D eigenvalue weighted by molar-refractivity contribution is 6.30. The van der Waals surface area contributed by atoms with E-state index >= 15 is 0 Å². The molecule has 0 saturated carbocycles. The molecule has 0 spiro atoms. The van der Waals surface area contributed by atoms with E-state index in [-0.39, 0.29) is 12.1 Å². The second kappa shape index (κ2) is 6.96. The Bertz CT molecular complexity index is 895. The molecule has 1 aliphatic rings. The first-order chi connectivity index (χ1) is 12.0. The van der Waals surface area contributed by atoms with Crippen molar-refractivity contribution < 1.29 is 0 Å². The van der Waals surface area contributed by atoms with Crippen molar-refractivity contribution >= 4 is 23.1 Å². The summed E-state index contributed by atoms with van der Waals surface area (Å²) in [6.07, 6.45) is 5.15. The number of aliphatic imine (C=N–C) groups is 1. The number of amidine groups is 1. The largest absolute Gasteiger partial charge is 0.396 e. The normalized spacial score (nSPS) is 19.2. The summed E-state index contributed by atoms with van der Waals surface area (Å²) in [6, 6.07) is 5.45. The Balaban J connectivity index is 1.95. The molecule has 0 radical (unpaired) electrons. The second-order valence-corrected chi connectivity index (χ2v) is 6.15. The van der Waals surface area contributed by atoms with Gasteiger partial charge in [-0.2, -0.15) is 0 Å². The zero-order valence-electron chi connectivity index (χ0n) is 14.1. The third-order valence-corrected chi connectivity index (χ3v) is 4.44. The molecule has 2 aromatic rings. The predicted octanol–water partition coefficient (Wildman–Crippen LogP) is 2.94. The van der Waals surface area contributed by atoms with Crippen molar-refractivity contribution in [3.63, 3.8) is 0 Å². The summed E-state index contributed by atoms with van der Waals surface area (Å²) >= 11 is 6.06. The van der Waals surface area contributed by atoms with Crippen LogP contribution in [0.5, 0.6) is 0 Å². The Morgan fingerprint density at radius 2 is 2.16 bits per heavy atom. The fourth-order valence-corrected chi connectivity index (χ4v) is 2.84. The number of halogens is 1. The maximum Gasteiger partial charge on any atom is 0.152 e. The molecule has 126 valence electrons. The minimum absolute atomic E-state index is 0.00427. The highest BCUT2D eigenvalue weighted by atomic mass is 35.5. The van der Waals surface area contributed by atoms with Crippen molar-refractivity contribution in [3.05, 3.63) is 65.3 Å². The summed E-state index contributed by atoms with van der Waals surface area (Å²) in [5.41, 5.74) is 8.96. The smallest absolute Gasteiger partial charge is 0.152 e. The van der Waals surface area contributed by atoms with Crippen LogP contribution in [0.3, 0.4) is 0 Å². The van der Waals surface area contributed by atoms with E-state index < -0.39 is 0 Å². The molecule has 0 amide bonds. The average molecular weight is 352 g/mol.